The number of terminal acetylenes is 1. The summed E-state index contributed by atoms with van der Waals surface area (Å²) in [4.78, 5) is 2.43. The van der Waals surface area contributed by atoms with Crippen LogP contribution in [-0.2, 0) is 6.54 Å². The average molecular weight is 381 g/mol. The van der Waals surface area contributed by atoms with E-state index in [0.29, 0.717) is 0 Å². The Bertz CT molecular complexity index is 522. The highest BCUT2D eigenvalue weighted by Crippen LogP contribution is 2.23. The fourth-order valence-corrected chi connectivity index (χ4v) is 3.15. The number of benzene rings is 1. The molecule has 0 spiro atoms. The van der Waals surface area contributed by atoms with Gasteiger partial charge in [-0.2, -0.15) is 0 Å². The predicted octanol–water partition coefficient (Wildman–Crippen LogP) is 2.40. The molecule has 1 aromatic carbocycles. The summed E-state index contributed by atoms with van der Waals surface area (Å²) in [6, 6.07) is 5.96. The Morgan fingerprint density at radius 3 is 2.91 bits per heavy atom. The summed E-state index contributed by atoms with van der Waals surface area (Å²) >= 11 is 3.49. The maximum absolute atomic E-state index is 9.51. The Morgan fingerprint density at radius 1 is 1.39 bits per heavy atom. The lowest BCUT2D eigenvalue weighted by molar-refractivity contribution is 0.0821. The van der Waals surface area contributed by atoms with E-state index in [2.05, 4.69) is 38.1 Å². The first-order valence-corrected chi connectivity index (χ1v) is 8.94. The van der Waals surface area contributed by atoms with E-state index in [1.807, 2.05) is 12.1 Å². The van der Waals surface area contributed by atoms with Crippen LogP contribution in [0.2, 0.25) is 0 Å². The van der Waals surface area contributed by atoms with Crippen LogP contribution in [0, 0.1) is 12.3 Å². The molecule has 0 bridgehead atoms. The minimum absolute atomic E-state index is 0.0951. The van der Waals surface area contributed by atoms with E-state index >= 15 is 0 Å². The van der Waals surface area contributed by atoms with Crippen molar-refractivity contribution in [2.75, 3.05) is 32.8 Å². The summed E-state index contributed by atoms with van der Waals surface area (Å²) in [7, 11) is 0. The van der Waals surface area contributed by atoms with Crippen LogP contribution in [0.5, 0.6) is 5.75 Å². The van der Waals surface area contributed by atoms with Gasteiger partial charge in [0, 0.05) is 29.7 Å². The summed E-state index contributed by atoms with van der Waals surface area (Å²) in [5.41, 5.74) is 1.11. The molecule has 1 saturated heterocycles. The van der Waals surface area contributed by atoms with Gasteiger partial charge in [-0.15, -0.1) is 6.42 Å². The van der Waals surface area contributed by atoms with E-state index in [1.165, 1.54) is 0 Å². The van der Waals surface area contributed by atoms with Gasteiger partial charge >= 0.3 is 0 Å². The Morgan fingerprint density at radius 2 is 2.17 bits per heavy atom. The largest absolute Gasteiger partial charge is 0.481 e. The number of nitrogens with zero attached hydrogens (tertiary/aromatic N) is 1. The van der Waals surface area contributed by atoms with Crippen LogP contribution in [0.3, 0.4) is 0 Å². The van der Waals surface area contributed by atoms with E-state index in [0.717, 1.165) is 67.8 Å². The molecule has 1 aromatic rings. The number of aliphatic hydroxyl groups excluding tert-OH is 1. The molecule has 0 aliphatic carbocycles. The fourth-order valence-electron chi connectivity index (χ4n) is 2.74. The van der Waals surface area contributed by atoms with Crippen molar-refractivity contribution >= 4 is 15.9 Å². The SMILES string of the molecule is C#CCOc1ccc(Br)cc1CNCCCN1CCC(O)CC1. The van der Waals surface area contributed by atoms with Crippen molar-refractivity contribution in [3.8, 4) is 18.1 Å². The van der Waals surface area contributed by atoms with Gasteiger partial charge in [-0.05, 0) is 50.6 Å². The Balaban J connectivity index is 1.69. The summed E-state index contributed by atoms with van der Waals surface area (Å²) in [5, 5.41) is 13.0. The number of rotatable bonds is 8. The van der Waals surface area contributed by atoms with Crippen molar-refractivity contribution in [3.63, 3.8) is 0 Å². The van der Waals surface area contributed by atoms with Gasteiger partial charge in [0.05, 0.1) is 6.10 Å². The van der Waals surface area contributed by atoms with Gasteiger partial charge in [-0.25, -0.2) is 0 Å². The van der Waals surface area contributed by atoms with Crippen molar-refractivity contribution in [2.45, 2.75) is 31.9 Å². The molecule has 5 heteroatoms. The van der Waals surface area contributed by atoms with Crippen LogP contribution in [0.25, 0.3) is 0 Å². The predicted molar refractivity (Wildman–Crippen MR) is 96.5 cm³/mol. The summed E-state index contributed by atoms with van der Waals surface area (Å²) in [6.45, 7) is 5.11. The van der Waals surface area contributed by atoms with Crippen LogP contribution in [0.15, 0.2) is 22.7 Å². The van der Waals surface area contributed by atoms with Crippen LogP contribution >= 0.6 is 15.9 Å². The first-order valence-electron chi connectivity index (χ1n) is 8.15. The number of hydrogen-bond acceptors (Lipinski definition) is 4. The number of ether oxygens (including phenoxy) is 1. The smallest absolute Gasteiger partial charge is 0.148 e. The second kappa shape index (κ2) is 9.94. The first kappa shape index (κ1) is 18.3. The van der Waals surface area contributed by atoms with Crippen molar-refractivity contribution in [2.24, 2.45) is 0 Å². The molecule has 0 atom stereocenters. The van der Waals surface area contributed by atoms with E-state index in [9.17, 15) is 5.11 Å². The number of halogens is 1. The molecule has 0 amide bonds. The number of aliphatic hydroxyl groups is 1. The highest BCUT2D eigenvalue weighted by atomic mass is 79.9. The normalized spacial score (nSPS) is 16.2. The second-order valence-electron chi connectivity index (χ2n) is 5.85. The van der Waals surface area contributed by atoms with Gasteiger partial charge in [-0.3, -0.25) is 0 Å². The fraction of sp³-hybridized carbons (Fsp3) is 0.556. The maximum Gasteiger partial charge on any atom is 0.148 e. The molecule has 4 nitrogen and oxygen atoms in total. The average Bonchev–Trinajstić information content (AvgIpc) is 2.55. The molecular formula is C18H25BrN2O2. The third kappa shape index (κ3) is 6.52. The molecule has 2 N–H and O–H groups in total. The first-order chi connectivity index (χ1) is 11.2. The van der Waals surface area contributed by atoms with Crippen LogP contribution < -0.4 is 10.1 Å². The van der Waals surface area contributed by atoms with Crippen molar-refractivity contribution < 1.29 is 9.84 Å². The lowest BCUT2D eigenvalue weighted by atomic mass is 10.1. The van der Waals surface area contributed by atoms with Gasteiger partial charge in [0.2, 0.25) is 0 Å². The zero-order chi connectivity index (χ0) is 16.5. The van der Waals surface area contributed by atoms with Gasteiger partial charge in [0.25, 0.3) is 0 Å². The minimum atomic E-state index is -0.0951. The van der Waals surface area contributed by atoms with E-state index in [1.54, 1.807) is 0 Å². The second-order valence-corrected chi connectivity index (χ2v) is 6.76. The van der Waals surface area contributed by atoms with Gasteiger partial charge in [0.1, 0.15) is 12.4 Å². The highest BCUT2D eigenvalue weighted by molar-refractivity contribution is 9.10. The molecule has 1 aliphatic heterocycles. The lowest BCUT2D eigenvalue weighted by Gasteiger charge is -2.29. The summed E-state index contributed by atoms with van der Waals surface area (Å²) in [6.07, 6.45) is 8.07. The zero-order valence-electron chi connectivity index (χ0n) is 13.4. The Labute approximate surface area is 147 Å². The van der Waals surface area contributed by atoms with Gasteiger partial charge < -0.3 is 20.1 Å². The van der Waals surface area contributed by atoms with E-state index in [-0.39, 0.29) is 12.7 Å². The summed E-state index contributed by atoms with van der Waals surface area (Å²) < 4.78 is 6.61. The van der Waals surface area contributed by atoms with Crippen molar-refractivity contribution in [3.05, 3.63) is 28.2 Å². The van der Waals surface area contributed by atoms with E-state index < -0.39 is 0 Å². The van der Waals surface area contributed by atoms with Crippen molar-refractivity contribution in [1.29, 1.82) is 0 Å². The molecule has 0 saturated carbocycles. The summed E-state index contributed by atoms with van der Waals surface area (Å²) in [5.74, 6) is 3.33. The van der Waals surface area contributed by atoms with E-state index in [4.69, 9.17) is 11.2 Å². The van der Waals surface area contributed by atoms with Gasteiger partial charge in [0.15, 0.2) is 0 Å². The van der Waals surface area contributed by atoms with Crippen molar-refractivity contribution in [1.82, 2.24) is 10.2 Å². The topological polar surface area (TPSA) is 44.7 Å². The van der Waals surface area contributed by atoms with Crippen LogP contribution in [-0.4, -0.2) is 48.9 Å². The number of piperidine rings is 1. The molecule has 1 aliphatic rings. The number of hydrogen-bond donors (Lipinski definition) is 2. The third-order valence-electron chi connectivity index (χ3n) is 4.03. The monoisotopic (exact) mass is 380 g/mol. The molecular weight excluding hydrogens is 356 g/mol. The van der Waals surface area contributed by atoms with Gasteiger partial charge in [-0.1, -0.05) is 21.9 Å². The standard InChI is InChI=1S/C18H25BrN2O2/c1-2-12-23-18-5-4-16(19)13-15(18)14-20-8-3-9-21-10-6-17(22)7-11-21/h1,4-5,13,17,20,22H,3,6-12,14H2. The van der Waals surface area contributed by atoms with Crippen LogP contribution in [0.1, 0.15) is 24.8 Å². The minimum Gasteiger partial charge on any atom is -0.481 e. The Kier molecular flexibility index (Phi) is 7.90. The highest BCUT2D eigenvalue weighted by Gasteiger charge is 2.15. The molecule has 126 valence electrons. The number of nitrogens with one attached hydrogen (secondary N) is 1. The molecule has 23 heavy (non-hydrogen) atoms. The lowest BCUT2D eigenvalue weighted by Crippen LogP contribution is -2.37. The molecule has 0 unspecified atom stereocenters. The molecule has 2 rings (SSSR count). The van der Waals surface area contributed by atoms with Crippen LogP contribution in [0.4, 0.5) is 0 Å². The third-order valence-corrected chi connectivity index (χ3v) is 4.53. The molecule has 0 radical (unpaired) electrons. The molecule has 0 aromatic heterocycles. The maximum atomic E-state index is 9.51. The quantitative estimate of drug-likeness (QED) is 0.536. The molecule has 1 fully saturated rings. The molecule has 1 heterocycles. The number of likely N-dealkylation sites (tertiary alicyclic amines) is 1. The zero-order valence-corrected chi connectivity index (χ0v) is 15.0. The Hall–Kier alpha value is -1.06.